The van der Waals surface area contributed by atoms with Gasteiger partial charge in [0.1, 0.15) is 6.04 Å². The number of hydrogen-bond donors (Lipinski definition) is 2. The molecule has 0 spiro atoms. The van der Waals surface area contributed by atoms with Gasteiger partial charge in [-0.15, -0.1) is 0 Å². The van der Waals surface area contributed by atoms with E-state index in [1.165, 1.54) is 11.1 Å². The number of rotatable bonds is 7. The minimum atomic E-state index is -0.806. The Hall–Kier alpha value is -1.39. The summed E-state index contributed by atoms with van der Waals surface area (Å²) in [7, 11) is 3.62. The maximum Gasteiger partial charge on any atom is 0.322 e. The summed E-state index contributed by atoms with van der Waals surface area (Å²) in [5.74, 6) is -0.806. The molecule has 0 radical (unpaired) electrons. The van der Waals surface area contributed by atoms with E-state index in [0.29, 0.717) is 6.54 Å². The summed E-state index contributed by atoms with van der Waals surface area (Å²) in [6, 6.07) is 7.94. The van der Waals surface area contributed by atoms with Crippen LogP contribution in [0.2, 0.25) is 0 Å². The molecule has 0 aromatic heterocycles. The van der Waals surface area contributed by atoms with Crippen LogP contribution in [-0.2, 0) is 11.2 Å². The zero-order chi connectivity index (χ0) is 13.5. The minimum Gasteiger partial charge on any atom is -0.480 e. The van der Waals surface area contributed by atoms with E-state index >= 15 is 0 Å². The minimum absolute atomic E-state index is 0.506. The Balaban J connectivity index is 2.38. The Morgan fingerprint density at radius 1 is 1.39 bits per heavy atom. The average Bonchev–Trinajstić information content (AvgIpc) is 2.35. The molecule has 1 aromatic rings. The van der Waals surface area contributed by atoms with Gasteiger partial charge in [-0.05, 0) is 33.0 Å². The third-order valence-electron chi connectivity index (χ3n) is 3.04. The number of aliphatic carboxylic acids is 1. The summed E-state index contributed by atoms with van der Waals surface area (Å²) in [5, 5.41) is 11.7. The zero-order valence-electron chi connectivity index (χ0n) is 11.3. The summed E-state index contributed by atoms with van der Waals surface area (Å²) in [6.07, 6.45) is 0.937. The number of nitrogens with one attached hydrogen (secondary N) is 1. The van der Waals surface area contributed by atoms with Crippen LogP contribution in [0.4, 0.5) is 0 Å². The number of nitrogens with zero attached hydrogens (tertiary/aromatic N) is 1. The number of hydrogen-bond acceptors (Lipinski definition) is 3. The van der Waals surface area contributed by atoms with E-state index in [1.54, 1.807) is 7.05 Å². The molecular formula is C14H22N2O2. The first-order valence-corrected chi connectivity index (χ1v) is 6.17. The predicted octanol–water partition coefficient (Wildman–Crippen LogP) is 1.14. The molecule has 0 fully saturated rings. The Morgan fingerprint density at radius 3 is 2.50 bits per heavy atom. The lowest BCUT2D eigenvalue weighted by atomic mass is 10.1. The topological polar surface area (TPSA) is 52.6 Å². The summed E-state index contributed by atoms with van der Waals surface area (Å²) in [6.45, 7) is 3.44. The summed E-state index contributed by atoms with van der Waals surface area (Å²) < 4.78 is 0. The molecule has 4 nitrogen and oxygen atoms in total. The Morgan fingerprint density at radius 2 is 2.00 bits per heavy atom. The Bertz CT molecular complexity index is 376. The van der Waals surface area contributed by atoms with Gasteiger partial charge in [-0.25, -0.2) is 0 Å². The van der Waals surface area contributed by atoms with Crippen molar-refractivity contribution in [1.82, 2.24) is 10.2 Å². The maximum atomic E-state index is 10.9. The number of carboxylic acids is 1. The second-order valence-corrected chi connectivity index (χ2v) is 4.68. The highest BCUT2D eigenvalue weighted by Crippen LogP contribution is 2.04. The van der Waals surface area contributed by atoms with Crippen molar-refractivity contribution in [2.24, 2.45) is 0 Å². The van der Waals surface area contributed by atoms with E-state index in [9.17, 15) is 4.79 Å². The molecule has 0 saturated heterocycles. The molecular weight excluding hydrogens is 228 g/mol. The van der Waals surface area contributed by atoms with Crippen LogP contribution in [0.5, 0.6) is 0 Å². The van der Waals surface area contributed by atoms with Gasteiger partial charge in [0.15, 0.2) is 0 Å². The van der Waals surface area contributed by atoms with Gasteiger partial charge in [-0.3, -0.25) is 4.79 Å². The molecule has 4 heteroatoms. The van der Waals surface area contributed by atoms with Gasteiger partial charge < -0.3 is 15.3 Å². The van der Waals surface area contributed by atoms with Gasteiger partial charge in [-0.1, -0.05) is 29.8 Å². The SMILES string of the molecule is CNC(CN(C)CCc1ccc(C)cc1)C(=O)O. The molecule has 100 valence electrons. The van der Waals surface area contributed by atoms with Gasteiger partial charge >= 0.3 is 5.97 Å². The quantitative estimate of drug-likeness (QED) is 0.762. The fourth-order valence-corrected chi connectivity index (χ4v) is 1.77. The van der Waals surface area contributed by atoms with Crippen LogP contribution in [-0.4, -0.2) is 49.2 Å². The smallest absolute Gasteiger partial charge is 0.322 e. The van der Waals surface area contributed by atoms with Crippen LogP contribution in [0.1, 0.15) is 11.1 Å². The molecule has 0 aliphatic rings. The lowest BCUT2D eigenvalue weighted by Gasteiger charge is -2.20. The molecule has 0 bridgehead atoms. The van der Waals surface area contributed by atoms with Crippen LogP contribution < -0.4 is 5.32 Å². The van der Waals surface area contributed by atoms with Crippen molar-refractivity contribution in [3.8, 4) is 0 Å². The molecule has 1 unspecified atom stereocenters. The highest BCUT2D eigenvalue weighted by molar-refractivity contribution is 5.73. The molecule has 1 rings (SSSR count). The Labute approximate surface area is 109 Å². The van der Waals surface area contributed by atoms with Gasteiger partial charge in [0.05, 0.1) is 0 Å². The van der Waals surface area contributed by atoms with E-state index in [0.717, 1.165) is 13.0 Å². The molecule has 0 aliphatic heterocycles. The van der Waals surface area contributed by atoms with Crippen molar-refractivity contribution < 1.29 is 9.90 Å². The molecule has 18 heavy (non-hydrogen) atoms. The van der Waals surface area contributed by atoms with Gasteiger partial charge in [0.25, 0.3) is 0 Å². The van der Waals surface area contributed by atoms with Gasteiger partial charge in [0, 0.05) is 13.1 Å². The first-order valence-electron chi connectivity index (χ1n) is 6.17. The van der Waals surface area contributed by atoms with Crippen LogP contribution in [0.3, 0.4) is 0 Å². The molecule has 2 N–H and O–H groups in total. The van der Waals surface area contributed by atoms with Crippen molar-refractivity contribution in [3.05, 3.63) is 35.4 Å². The molecule has 0 aliphatic carbocycles. The van der Waals surface area contributed by atoms with Crippen molar-refractivity contribution in [2.75, 3.05) is 27.2 Å². The van der Waals surface area contributed by atoms with Crippen molar-refractivity contribution in [2.45, 2.75) is 19.4 Å². The van der Waals surface area contributed by atoms with E-state index in [4.69, 9.17) is 5.11 Å². The van der Waals surface area contributed by atoms with Crippen LogP contribution >= 0.6 is 0 Å². The second kappa shape index (κ2) is 7.13. The number of likely N-dealkylation sites (N-methyl/N-ethyl adjacent to an activating group) is 2. The van der Waals surface area contributed by atoms with Gasteiger partial charge in [0.2, 0.25) is 0 Å². The van der Waals surface area contributed by atoms with Gasteiger partial charge in [-0.2, -0.15) is 0 Å². The van der Waals surface area contributed by atoms with Crippen LogP contribution in [0.15, 0.2) is 24.3 Å². The number of benzene rings is 1. The van der Waals surface area contributed by atoms with Crippen molar-refractivity contribution in [3.63, 3.8) is 0 Å². The highest BCUT2D eigenvalue weighted by Gasteiger charge is 2.16. The monoisotopic (exact) mass is 250 g/mol. The third kappa shape index (κ3) is 4.85. The predicted molar refractivity (Wildman–Crippen MR) is 72.9 cm³/mol. The lowest BCUT2D eigenvalue weighted by molar-refractivity contribution is -0.139. The van der Waals surface area contributed by atoms with Crippen LogP contribution in [0.25, 0.3) is 0 Å². The lowest BCUT2D eigenvalue weighted by Crippen LogP contribution is -2.43. The Kier molecular flexibility index (Phi) is 5.82. The zero-order valence-corrected chi connectivity index (χ0v) is 11.3. The fraction of sp³-hybridized carbons (Fsp3) is 0.500. The molecule has 0 saturated carbocycles. The van der Waals surface area contributed by atoms with E-state index in [2.05, 4.69) is 36.5 Å². The maximum absolute atomic E-state index is 10.9. The first kappa shape index (κ1) is 14.7. The largest absolute Gasteiger partial charge is 0.480 e. The van der Waals surface area contributed by atoms with Crippen molar-refractivity contribution >= 4 is 5.97 Å². The first-order chi connectivity index (χ1) is 8.52. The number of carboxylic acid groups (broad SMARTS) is 1. The normalized spacial score (nSPS) is 12.7. The summed E-state index contributed by atoms with van der Waals surface area (Å²) in [4.78, 5) is 12.9. The average molecular weight is 250 g/mol. The fourth-order valence-electron chi connectivity index (χ4n) is 1.77. The highest BCUT2D eigenvalue weighted by atomic mass is 16.4. The number of carbonyl (C=O) groups is 1. The summed E-state index contributed by atoms with van der Waals surface area (Å²) >= 11 is 0. The molecule has 0 amide bonds. The third-order valence-corrected chi connectivity index (χ3v) is 3.04. The van der Waals surface area contributed by atoms with Crippen molar-refractivity contribution in [1.29, 1.82) is 0 Å². The molecule has 1 atom stereocenters. The second-order valence-electron chi connectivity index (χ2n) is 4.68. The van der Waals surface area contributed by atoms with E-state index in [1.807, 2.05) is 11.9 Å². The molecule has 0 heterocycles. The van der Waals surface area contributed by atoms with E-state index in [-0.39, 0.29) is 0 Å². The standard InChI is InChI=1S/C14H22N2O2/c1-11-4-6-12(7-5-11)8-9-16(3)10-13(15-2)14(17)18/h4-7,13,15H,8-10H2,1-3H3,(H,17,18). The van der Waals surface area contributed by atoms with Crippen LogP contribution in [0, 0.1) is 6.92 Å². The number of aryl methyl sites for hydroxylation is 1. The molecule has 1 aromatic carbocycles. The van der Waals surface area contributed by atoms with E-state index < -0.39 is 12.0 Å². The summed E-state index contributed by atoms with van der Waals surface area (Å²) in [5.41, 5.74) is 2.54.